The molecule has 0 aliphatic carbocycles. The molecule has 1 unspecified atom stereocenters. The lowest BCUT2D eigenvalue weighted by Crippen LogP contribution is -2.15. The summed E-state index contributed by atoms with van der Waals surface area (Å²) in [6.45, 7) is 1.68. The van der Waals surface area contributed by atoms with Gasteiger partial charge in [0.1, 0.15) is 6.33 Å². The zero-order valence-electron chi connectivity index (χ0n) is 8.80. The Morgan fingerprint density at radius 2 is 2.38 bits per heavy atom. The lowest BCUT2D eigenvalue weighted by atomic mass is 10.3. The highest BCUT2D eigenvalue weighted by atomic mass is 16.6. The molecule has 1 rings (SSSR count). The van der Waals surface area contributed by atoms with Crippen molar-refractivity contribution in [2.75, 3.05) is 12.4 Å². The Kier molecular flexibility index (Phi) is 3.61. The van der Waals surface area contributed by atoms with Crippen LogP contribution in [0.25, 0.3) is 0 Å². The summed E-state index contributed by atoms with van der Waals surface area (Å²) in [4.78, 5) is 17.6. The van der Waals surface area contributed by atoms with E-state index in [1.165, 1.54) is 7.11 Å². The molecular weight excluding hydrogens is 212 g/mol. The molecule has 1 atom stereocenters. The first-order valence-electron chi connectivity index (χ1n) is 4.36. The van der Waals surface area contributed by atoms with E-state index in [0.29, 0.717) is 0 Å². The standard InChI is InChI=1S/C9H10N4O3/c1-4-6(2)12-8-7(13(14)15)9(16-3)11-5-10-8/h1,5-6H,2-3H3,(H,10,11,12). The van der Waals surface area contributed by atoms with Gasteiger partial charge in [0.15, 0.2) is 0 Å². The van der Waals surface area contributed by atoms with Crippen LogP contribution in [0.1, 0.15) is 6.92 Å². The Bertz CT molecular complexity index is 441. The van der Waals surface area contributed by atoms with Crippen LogP contribution in [0.15, 0.2) is 6.33 Å². The maximum atomic E-state index is 10.8. The van der Waals surface area contributed by atoms with Crippen LogP contribution in [0.3, 0.4) is 0 Å². The first kappa shape index (κ1) is 11.7. The number of ether oxygens (including phenoxy) is 1. The van der Waals surface area contributed by atoms with Crippen LogP contribution in [0.5, 0.6) is 5.88 Å². The van der Waals surface area contributed by atoms with Gasteiger partial charge in [-0.25, -0.2) is 4.98 Å². The molecule has 0 aromatic carbocycles. The largest absolute Gasteiger partial charge is 0.476 e. The van der Waals surface area contributed by atoms with E-state index < -0.39 is 4.92 Å². The van der Waals surface area contributed by atoms with Crippen LogP contribution in [0, 0.1) is 22.5 Å². The Morgan fingerprint density at radius 1 is 1.69 bits per heavy atom. The van der Waals surface area contributed by atoms with Gasteiger partial charge in [-0.1, -0.05) is 5.92 Å². The molecule has 1 heterocycles. The second-order valence-corrected chi connectivity index (χ2v) is 2.87. The fourth-order valence-electron chi connectivity index (χ4n) is 1.03. The van der Waals surface area contributed by atoms with E-state index in [1.54, 1.807) is 6.92 Å². The highest BCUT2D eigenvalue weighted by Gasteiger charge is 2.24. The molecule has 0 bridgehead atoms. The van der Waals surface area contributed by atoms with Crippen LogP contribution < -0.4 is 10.1 Å². The van der Waals surface area contributed by atoms with Crippen molar-refractivity contribution in [1.29, 1.82) is 0 Å². The smallest absolute Gasteiger partial charge is 0.372 e. The van der Waals surface area contributed by atoms with E-state index in [0.717, 1.165) is 6.33 Å². The van der Waals surface area contributed by atoms with Gasteiger partial charge in [0, 0.05) is 0 Å². The number of nitrogens with zero attached hydrogens (tertiary/aromatic N) is 3. The Morgan fingerprint density at radius 3 is 2.88 bits per heavy atom. The van der Waals surface area contributed by atoms with Crippen LogP contribution in [0.4, 0.5) is 11.5 Å². The van der Waals surface area contributed by atoms with Gasteiger partial charge >= 0.3 is 5.69 Å². The SMILES string of the molecule is C#CC(C)Nc1ncnc(OC)c1[N+](=O)[O-]. The molecule has 1 aromatic heterocycles. The van der Waals surface area contributed by atoms with E-state index in [9.17, 15) is 10.1 Å². The number of hydrogen-bond donors (Lipinski definition) is 1. The van der Waals surface area contributed by atoms with E-state index >= 15 is 0 Å². The summed E-state index contributed by atoms with van der Waals surface area (Å²) in [5.41, 5.74) is -0.327. The Balaban J connectivity index is 3.18. The van der Waals surface area contributed by atoms with Crippen molar-refractivity contribution in [2.45, 2.75) is 13.0 Å². The maximum Gasteiger partial charge on any atom is 0.372 e. The average Bonchev–Trinajstić information content (AvgIpc) is 2.28. The van der Waals surface area contributed by atoms with E-state index in [-0.39, 0.29) is 23.4 Å². The summed E-state index contributed by atoms with van der Waals surface area (Å²) in [5, 5.41) is 13.5. The number of methoxy groups -OCH3 is 1. The molecule has 7 heteroatoms. The molecule has 7 nitrogen and oxygen atoms in total. The minimum absolute atomic E-state index is 0.0438. The second-order valence-electron chi connectivity index (χ2n) is 2.87. The molecule has 0 fully saturated rings. The molecule has 0 saturated carbocycles. The van der Waals surface area contributed by atoms with Crippen molar-refractivity contribution < 1.29 is 9.66 Å². The number of aromatic nitrogens is 2. The van der Waals surface area contributed by atoms with E-state index in [1.807, 2.05) is 0 Å². The fraction of sp³-hybridized carbons (Fsp3) is 0.333. The number of rotatable bonds is 4. The molecule has 0 spiro atoms. The quantitative estimate of drug-likeness (QED) is 0.461. The summed E-state index contributed by atoms with van der Waals surface area (Å²) in [7, 11) is 1.30. The monoisotopic (exact) mass is 222 g/mol. The van der Waals surface area contributed by atoms with Gasteiger partial charge in [-0.3, -0.25) is 10.1 Å². The van der Waals surface area contributed by atoms with E-state index in [4.69, 9.17) is 11.2 Å². The number of hydrogen-bond acceptors (Lipinski definition) is 6. The number of nitrogens with one attached hydrogen (secondary N) is 1. The van der Waals surface area contributed by atoms with Crippen molar-refractivity contribution in [1.82, 2.24) is 9.97 Å². The minimum Gasteiger partial charge on any atom is -0.476 e. The number of terminal acetylenes is 1. The zero-order chi connectivity index (χ0) is 12.1. The van der Waals surface area contributed by atoms with Crippen LogP contribution >= 0.6 is 0 Å². The lowest BCUT2D eigenvalue weighted by Gasteiger charge is -2.09. The molecule has 0 saturated heterocycles. The van der Waals surface area contributed by atoms with Gasteiger partial charge in [-0.2, -0.15) is 4.98 Å². The van der Waals surface area contributed by atoms with Crippen molar-refractivity contribution in [3.8, 4) is 18.2 Å². The molecule has 16 heavy (non-hydrogen) atoms. The number of nitro groups is 1. The minimum atomic E-state index is -0.621. The third-order valence-corrected chi connectivity index (χ3v) is 1.77. The summed E-state index contributed by atoms with van der Waals surface area (Å²) in [5.74, 6) is 2.32. The van der Waals surface area contributed by atoms with Gasteiger partial charge in [0.2, 0.25) is 5.82 Å². The van der Waals surface area contributed by atoms with Crippen molar-refractivity contribution in [3.63, 3.8) is 0 Å². The highest BCUT2D eigenvalue weighted by molar-refractivity contribution is 5.61. The summed E-state index contributed by atoms with van der Waals surface area (Å²) >= 11 is 0. The van der Waals surface area contributed by atoms with Crippen molar-refractivity contribution in [3.05, 3.63) is 16.4 Å². The first-order valence-corrected chi connectivity index (χ1v) is 4.36. The molecule has 0 radical (unpaired) electrons. The highest BCUT2D eigenvalue weighted by Crippen LogP contribution is 2.30. The first-order chi connectivity index (χ1) is 7.60. The van der Waals surface area contributed by atoms with Crippen molar-refractivity contribution in [2.24, 2.45) is 0 Å². The normalized spacial score (nSPS) is 11.3. The van der Waals surface area contributed by atoms with Crippen LogP contribution in [0.2, 0.25) is 0 Å². The van der Waals surface area contributed by atoms with Crippen LogP contribution in [-0.4, -0.2) is 28.0 Å². The van der Waals surface area contributed by atoms with Gasteiger partial charge in [-0.15, -0.1) is 6.42 Å². The molecule has 0 aliphatic heterocycles. The van der Waals surface area contributed by atoms with Gasteiger partial charge in [0.25, 0.3) is 5.88 Å². The maximum absolute atomic E-state index is 10.8. The van der Waals surface area contributed by atoms with Gasteiger partial charge in [0.05, 0.1) is 18.1 Å². The molecule has 84 valence electrons. The third kappa shape index (κ3) is 2.36. The Labute approximate surface area is 92.0 Å². The van der Waals surface area contributed by atoms with Gasteiger partial charge < -0.3 is 10.1 Å². The molecular formula is C9H10N4O3. The average molecular weight is 222 g/mol. The molecule has 0 aliphatic rings. The predicted octanol–water partition coefficient (Wildman–Crippen LogP) is 0.827. The predicted molar refractivity (Wildman–Crippen MR) is 57.2 cm³/mol. The molecule has 1 aromatic rings. The van der Waals surface area contributed by atoms with Crippen molar-refractivity contribution >= 4 is 11.5 Å². The van der Waals surface area contributed by atoms with E-state index in [2.05, 4.69) is 21.2 Å². The Hall–Kier alpha value is -2.36. The van der Waals surface area contributed by atoms with Crippen LogP contribution in [-0.2, 0) is 0 Å². The summed E-state index contributed by atoms with van der Waals surface area (Å²) in [6.07, 6.45) is 6.32. The van der Waals surface area contributed by atoms with Gasteiger partial charge in [-0.05, 0) is 6.92 Å². The molecule has 1 N–H and O–H groups in total. The lowest BCUT2D eigenvalue weighted by molar-refractivity contribution is -0.385. The third-order valence-electron chi connectivity index (χ3n) is 1.77. The fourth-order valence-corrected chi connectivity index (χ4v) is 1.03. The number of anilines is 1. The second kappa shape index (κ2) is 4.93. The topological polar surface area (TPSA) is 90.2 Å². The zero-order valence-corrected chi connectivity index (χ0v) is 8.80. The summed E-state index contributed by atoms with van der Waals surface area (Å²) < 4.78 is 4.78. The summed E-state index contributed by atoms with van der Waals surface area (Å²) in [6, 6.07) is -0.377. The molecule has 0 amide bonds.